The van der Waals surface area contributed by atoms with Crippen LogP contribution < -0.4 is 16.4 Å². The third-order valence-electron chi connectivity index (χ3n) is 7.17. The van der Waals surface area contributed by atoms with Crippen LogP contribution in [0.5, 0.6) is 0 Å². The number of primary amides is 1. The fourth-order valence-corrected chi connectivity index (χ4v) is 5.51. The van der Waals surface area contributed by atoms with Crippen molar-refractivity contribution in [2.24, 2.45) is 17.6 Å². The Labute approximate surface area is 218 Å². The number of hydrogen-bond acceptors (Lipinski definition) is 4. The third-order valence-corrected chi connectivity index (χ3v) is 7.17. The zero-order chi connectivity index (χ0) is 26.9. The second kappa shape index (κ2) is 10.7. The lowest BCUT2D eigenvalue weighted by Gasteiger charge is -2.45. The van der Waals surface area contributed by atoms with Crippen molar-refractivity contribution in [3.8, 4) is 0 Å². The predicted molar refractivity (Wildman–Crippen MR) is 140 cm³/mol. The molecule has 8 nitrogen and oxygen atoms in total. The van der Waals surface area contributed by atoms with Crippen LogP contribution in [0.2, 0.25) is 0 Å². The molecule has 2 aliphatic rings. The number of benzene rings is 2. The first kappa shape index (κ1) is 26.4. The number of nitrogens with zero attached hydrogens (tertiary/aromatic N) is 1. The number of amides is 4. The Morgan fingerprint density at radius 2 is 1.59 bits per heavy atom. The number of carbonyl (C=O) groups excluding carboxylic acids is 4. The smallest absolute Gasteiger partial charge is 0.248 e. The lowest BCUT2D eigenvalue weighted by atomic mass is 9.87. The Morgan fingerprint density at radius 1 is 1.00 bits per heavy atom. The molecule has 8 heteroatoms. The van der Waals surface area contributed by atoms with E-state index >= 15 is 0 Å². The number of nitrogens with one attached hydrogen (secondary N) is 2. The van der Waals surface area contributed by atoms with E-state index < -0.39 is 24.0 Å². The average molecular weight is 505 g/mol. The average Bonchev–Trinajstić information content (AvgIpc) is 3.27. The Bertz CT molecular complexity index is 1170. The molecule has 1 unspecified atom stereocenters. The summed E-state index contributed by atoms with van der Waals surface area (Å²) in [4.78, 5) is 54.6. The van der Waals surface area contributed by atoms with Gasteiger partial charge in [0.1, 0.15) is 18.1 Å². The molecular weight excluding hydrogens is 468 g/mol. The van der Waals surface area contributed by atoms with E-state index in [1.807, 2.05) is 39.8 Å². The summed E-state index contributed by atoms with van der Waals surface area (Å²) in [6, 6.07) is 11.7. The number of carbonyl (C=O) groups is 4. The summed E-state index contributed by atoms with van der Waals surface area (Å²) in [5.41, 5.74) is 8.60. The number of piperazine rings is 1. The molecule has 0 bridgehead atoms. The van der Waals surface area contributed by atoms with Gasteiger partial charge in [-0.3, -0.25) is 19.2 Å². The van der Waals surface area contributed by atoms with Crippen molar-refractivity contribution >= 4 is 23.6 Å². The highest BCUT2D eigenvalue weighted by molar-refractivity contribution is 6.00. The van der Waals surface area contributed by atoms with Gasteiger partial charge in [0.15, 0.2) is 0 Å². The van der Waals surface area contributed by atoms with Crippen molar-refractivity contribution < 1.29 is 19.2 Å². The first-order chi connectivity index (χ1) is 17.6. The summed E-state index contributed by atoms with van der Waals surface area (Å²) < 4.78 is 0. The molecule has 3 atom stereocenters. The van der Waals surface area contributed by atoms with Crippen molar-refractivity contribution in [2.75, 3.05) is 0 Å². The zero-order valence-corrected chi connectivity index (χ0v) is 21.9. The van der Waals surface area contributed by atoms with E-state index in [2.05, 4.69) is 22.8 Å². The van der Waals surface area contributed by atoms with Gasteiger partial charge < -0.3 is 21.3 Å². The van der Waals surface area contributed by atoms with Gasteiger partial charge in [0.25, 0.3) is 0 Å². The number of nitrogens with two attached hydrogens (primary N) is 1. The Hall–Kier alpha value is -3.68. The molecule has 1 fully saturated rings. The molecule has 196 valence electrons. The molecule has 1 aliphatic heterocycles. The van der Waals surface area contributed by atoms with E-state index in [1.54, 1.807) is 24.3 Å². The van der Waals surface area contributed by atoms with E-state index in [-0.39, 0.29) is 35.6 Å². The van der Waals surface area contributed by atoms with Gasteiger partial charge in [-0.2, -0.15) is 0 Å². The van der Waals surface area contributed by atoms with E-state index in [9.17, 15) is 19.2 Å². The molecule has 0 aromatic heterocycles. The Balaban J connectivity index is 1.76. The van der Waals surface area contributed by atoms with Gasteiger partial charge in [-0.15, -0.1) is 0 Å². The summed E-state index contributed by atoms with van der Waals surface area (Å²) in [6.07, 6.45) is 1.79. The minimum Gasteiger partial charge on any atom is -0.366 e. The van der Waals surface area contributed by atoms with Gasteiger partial charge in [-0.25, -0.2) is 0 Å². The van der Waals surface area contributed by atoms with Crippen molar-refractivity contribution in [3.63, 3.8) is 0 Å². The van der Waals surface area contributed by atoms with E-state index in [1.165, 1.54) is 16.0 Å². The number of rotatable bonds is 8. The second-order valence-corrected chi connectivity index (χ2v) is 10.9. The van der Waals surface area contributed by atoms with Crippen LogP contribution >= 0.6 is 0 Å². The standard InChI is InChI=1S/C29H36N4O4/c1-16(2)13-23-27(35)32-24(22-14-20-7-5-6-8-21(20)15-22)29(37)33(23)25(28(36)31-17(3)4)18-9-11-19(12-10-18)26(30)34/h5-12,16-17,22-25H,13-15H2,1-4H3,(H2,30,34)(H,31,36)(H,32,35)/t23-,24?,25-/m1/s1. The van der Waals surface area contributed by atoms with E-state index in [0.29, 0.717) is 30.4 Å². The molecule has 0 radical (unpaired) electrons. The summed E-state index contributed by atoms with van der Waals surface area (Å²) in [5.74, 6) is -1.43. The maximum absolute atomic E-state index is 14.2. The highest BCUT2D eigenvalue weighted by Crippen LogP contribution is 2.35. The van der Waals surface area contributed by atoms with Crippen molar-refractivity contribution in [1.82, 2.24) is 15.5 Å². The van der Waals surface area contributed by atoms with Crippen molar-refractivity contribution in [2.45, 2.75) is 71.1 Å². The number of hydrogen-bond donors (Lipinski definition) is 3. The van der Waals surface area contributed by atoms with Gasteiger partial charge in [0.05, 0.1) is 0 Å². The van der Waals surface area contributed by atoms with Gasteiger partial charge >= 0.3 is 0 Å². The quantitative estimate of drug-likeness (QED) is 0.511. The maximum Gasteiger partial charge on any atom is 0.248 e. The molecule has 2 aromatic carbocycles. The molecule has 4 amide bonds. The zero-order valence-electron chi connectivity index (χ0n) is 21.9. The van der Waals surface area contributed by atoms with Crippen LogP contribution in [0.25, 0.3) is 0 Å². The molecule has 4 N–H and O–H groups in total. The fourth-order valence-electron chi connectivity index (χ4n) is 5.51. The lowest BCUT2D eigenvalue weighted by Crippen LogP contribution is -2.67. The monoisotopic (exact) mass is 504 g/mol. The molecule has 1 aliphatic carbocycles. The van der Waals surface area contributed by atoms with Crippen molar-refractivity contribution in [1.29, 1.82) is 0 Å². The topological polar surface area (TPSA) is 122 Å². The molecule has 1 heterocycles. The van der Waals surface area contributed by atoms with Crippen LogP contribution in [0.15, 0.2) is 48.5 Å². The van der Waals surface area contributed by atoms with E-state index in [4.69, 9.17) is 5.73 Å². The second-order valence-electron chi connectivity index (χ2n) is 10.9. The fraction of sp³-hybridized carbons (Fsp3) is 0.448. The predicted octanol–water partition coefficient (Wildman–Crippen LogP) is 2.51. The van der Waals surface area contributed by atoms with Crippen LogP contribution in [-0.2, 0) is 27.2 Å². The van der Waals surface area contributed by atoms with Gasteiger partial charge in [0.2, 0.25) is 23.6 Å². The summed E-state index contributed by atoms with van der Waals surface area (Å²) >= 11 is 0. The van der Waals surface area contributed by atoms with Crippen molar-refractivity contribution in [3.05, 3.63) is 70.8 Å². The Morgan fingerprint density at radius 3 is 2.11 bits per heavy atom. The molecular formula is C29H36N4O4. The maximum atomic E-state index is 14.2. The number of fused-ring (bicyclic) bond motifs is 1. The van der Waals surface area contributed by atoms with E-state index in [0.717, 1.165) is 0 Å². The minimum absolute atomic E-state index is 0.0950. The van der Waals surface area contributed by atoms with Crippen LogP contribution in [0.4, 0.5) is 0 Å². The molecule has 0 spiro atoms. The first-order valence-electron chi connectivity index (χ1n) is 13.0. The Kier molecular flexibility index (Phi) is 7.66. The highest BCUT2D eigenvalue weighted by Gasteiger charge is 2.49. The van der Waals surface area contributed by atoms with Gasteiger partial charge in [0, 0.05) is 11.6 Å². The van der Waals surface area contributed by atoms with Crippen LogP contribution in [0.1, 0.15) is 67.2 Å². The summed E-state index contributed by atoms with van der Waals surface area (Å²) in [6.45, 7) is 7.67. The normalized spacial score (nSPS) is 20.6. The first-order valence-corrected chi connectivity index (χ1v) is 13.0. The minimum atomic E-state index is -1.03. The van der Waals surface area contributed by atoms with Crippen LogP contribution in [-0.4, -0.2) is 46.7 Å². The summed E-state index contributed by atoms with van der Waals surface area (Å²) in [7, 11) is 0. The lowest BCUT2D eigenvalue weighted by molar-refractivity contribution is -0.158. The molecule has 37 heavy (non-hydrogen) atoms. The van der Waals surface area contributed by atoms with Gasteiger partial charge in [-0.05, 0) is 73.8 Å². The van der Waals surface area contributed by atoms with Crippen LogP contribution in [0, 0.1) is 11.8 Å². The SMILES string of the molecule is CC(C)C[C@@H]1C(=O)NC(C2Cc3ccccc3C2)C(=O)N1[C@@H](C(=O)NC(C)C)c1ccc(C(N)=O)cc1. The summed E-state index contributed by atoms with van der Waals surface area (Å²) in [5, 5.41) is 5.94. The molecule has 2 aromatic rings. The highest BCUT2D eigenvalue weighted by atomic mass is 16.2. The third kappa shape index (κ3) is 5.53. The molecule has 0 saturated carbocycles. The molecule has 1 saturated heterocycles. The van der Waals surface area contributed by atoms with Gasteiger partial charge in [-0.1, -0.05) is 50.2 Å². The van der Waals surface area contributed by atoms with Crippen LogP contribution in [0.3, 0.4) is 0 Å². The largest absolute Gasteiger partial charge is 0.366 e. The molecule has 4 rings (SSSR count).